The van der Waals surface area contributed by atoms with Crippen molar-refractivity contribution in [1.29, 1.82) is 5.26 Å². The molecule has 3 aromatic rings. The summed E-state index contributed by atoms with van der Waals surface area (Å²) in [7, 11) is 2.08. The Bertz CT molecular complexity index is 1470. The molecule has 6 heterocycles. The van der Waals surface area contributed by atoms with Crippen molar-refractivity contribution in [3.05, 3.63) is 42.6 Å². The molecular formula is C27H36N12OS. The molecule has 0 bridgehead atoms. The number of rotatable bonds is 9. The van der Waals surface area contributed by atoms with E-state index < -0.39 is 0 Å². The number of anilines is 2. The lowest BCUT2D eigenvalue weighted by molar-refractivity contribution is -0.133. The van der Waals surface area contributed by atoms with E-state index in [1.165, 1.54) is 0 Å². The van der Waals surface area contributed by atoms with Crippen LogP contribution in [0.2, 0.25) is 0 Å². The molecule has 3 aliphatic rings. The molecule has 3 aliphatic heterocycles. The van der Waals surface area contributed by atoms with Crippen LogP contribution in [0.4, 0.5) is 11.6 Å². The number of piperazine rings is 1. The van der Waals surface area contributed by atoms with E-state index in [4.69, 9.17) is 4.98 Å². The number of nitriles is 1. The summed E-state index contributed by atoms with van der Waals surface area (Å²) in [5, 5.41) is 24.5. The Morgan fingerprint density at radius 1 is 1.27 bits per heavy atom. The third-order valence-corrected chi connectivity index (χ3v) is 8.65. The second kappa shape index (κ2) is 11.2. The normalized spacial score (nSPS) is 19.0. The summed E-state index contributed by atoms with van der Waals surface area (Å²) in [6.07, 6.45) is 8.12. The fourth-order valence-corrected chi connectivity index (χ4v) is 6.31. The number of amides is 1. The van der Waals surface area contributed by atoms with Gasteiger partial charge in [0.25, 0.3) is 0 Å². The van der Waals surface area contributed by atoms with Gasteiger partial charge in [-0.2, -0.15) is 15.3 Å². The summed E-state index contributed by atoms with van der Waals surface area (Å²) in [6.45, 7) is 9.82. The van der Waals surface area contributed by atoms with Crippen molar-refractivity contribution >= 4 is 35.0 Å². The van der Waals surface area contributed by atoms with Gasteiger partial charge in [-0.05, 0) is 19.2 Å². The third kappa shape index (κ3) is 5.70. The van der Waals surface area contributed by atoms with E-state index in [1.54, 1.807) is 16.3 Å². The van der Waals surface area contributed by atoms with Gasteiger partial charge in [-0.25, -0.2) is 9.94 Å². The first kappa shape index (κ1) is 27.4. The van der Waals surface area contributed by atoms with Crippen LogP contribution in [0.25, 0.3) is 5.65 Å². The number of carbonyl (C=O) groups excluding carboxylic acids is 1. The predicted molar refractivity (Wildman–Crippen MR) is 157 cm³/mol. The Morgan fingerprint density at radius 2 is 2.07 bits per heavy atom. The molecule has 2 saturated heterocycles. The first-order valence-corrected chi connectivity index (χ1v) is 14.8. The minimum absolute atomic E-state index is 0.116. The van der Waals surface area contributed by atoms with E-state index in [9.17, 15) is 10.1 Å². The maximum atomic E-state index is 12.7. The van der Waals surface area contributed by atoms with Gasteiger partial charge in [-0.1, -0.05) is 13.8 Å². The minimum Gasteiger partial charge on any atom is -0.363 e. The highest BCUT2D eigenvalue weighted by Crippen LogP contribution is 2.38. The van der Waals surface area contributed by atoms with Gasteiger partial charge in [0.05, 0.1) is 36.6 Å². The molecule has 13 nitrogen and oxygen atoms in total. The van der Waals surface area contributed by atoms with Gasteiger partial charge < -0.3 is 25.0 Å². The van der Waals surface area contributed by atoms with Crippen molar-refractivity contribution in [2.24, 2.45) is 0 Å². The first-order valence-electron chi connectivity index (χ1n) is 14.0. The van der Waals surface area contributed by atoms with E-state index in [-0.39, 0.29) is 18.0 Å². The lowest BCUT2D eigenvalue weighted by Crippen LogP contribution is -2.63. The zero-order valence-electron chi connectivity index (χ0n) is 23.7. The van der Waals surface area contributed by atoms with Crippen LogP contribution in [-0.2, 0) is 10.3 Å². The molecule has 41 heavy (non-hydrogen) atoms. The second-order valence-corrected chi connectivity index (χ2v) is 12.9. The number of hydrogen-bond donors (Lipinski definition) is 2. The molecule has 2 fully saturated rings. The van der Waals surface area contributed by atoms with Gasteiger partial charge in [0.1, 0.15) is 12.1 Å². The Morgan fingerprint density at radius 3 is 2.83 bits per heavy atom. The molecule has 0 spiro atoms. The van der Waals surface area contributed by atoms with Crippen molar-refractivity contribution in [3.63, 3.8) is 0 Å². The molecule has 0 aromatic carbocycles. The molecule has 0 radical (unpaired) electrons. The number of thioether (sulfide) groups is 1. The van der Waals surface area contributed by atoms with Crippen LogP contribution in [0, 0.1) is 11.3 Å². The predicted octanol–water partition coefficient (Wildman–Crippen LogP) is 1.40. The van der Waals surface area contributed by atoms with Gasteiger partial charge in [0, 0.05) is 68.0 Å². The van der Waals surface area contributed by atoms with Crippen LogP contribution in [0.15, 0.2) is 47.5 Å². The molecule has 216 valence electrons. The summed E-state index contributed by atoms with van der Waals surface area (Å²) in [4.78, 5) is 25.0. The van der Waals surface area contributed by atoms with E-state index in [0.29, 0.717) is 37.3 Å². The monoisotopic (exact) mass is 576 g/mol. The van der Waals surface area contributed by atoms with E-state index in [2.05, 4.69) is 63.9 Å². The first-order chi connectivity index (χ1) is 19.8. The molecular weight excluding hydrogens is 540 g/mol. The topological polar surface area (TPSA) is 126 Å². The van der Waals surface area contributed by atoms with Crippen LogP contribution >= 0.6 is 11.8 Å². The molecule has 3 aromatic heterocycles. The summed E-state index contributed by atoms with van der Waals surface area (Å²) in [5.41, 5.74) is 5.47. The van der Waals surface area contributed by atoms with Crippen LogP contribution in [0.5, 0.6) is 0 Å². The largest absolute Gasteiger partial charge is 0.363 e. The lowest BCUT2D eigenvalue weighted by atomic mass is 9.86. The maximum absolute atomic E-state index is 12.7. The summed E-state index contributed by atoms with van der Waals surface area (Å²) >= 11 is 1.77. The van der Waals surface area contributed by atoms with Crippen LogP contribution in [0.1, 0.15) is 20.3 Å². The van der Waals surface area contributed by atoms with Crippen molar-refractivity contribution in [2.75, 3.05) is 69.6 Å². The van der Waals surface area contributed by atoms with Crippen molar-refractivity contribution in [2.45, 2.75) is 36.0 Å². The zero-order chi connectivity index (χ0) is 28.6. The smallest absolute Gasteiger partial charge is 0.247 e. The van der Waals surface area contributed by atoms with Crippen LogP contribution in [0.3, 0.4) is 0 Å². The van der Waals surface area contributed by atoms with E-state index in [0.717, 1.165) is 48.1 Å². The Labute approximate surface area is 243 Å². The molecule has 6 rings (SSSR count). The number of nitrogens with zero attached hydrogens (tertiary/aromatic N) is 10. The lowest BCUT2D eigenvalue weighted by Gasteiger charge is -2.50. The van der Waals surface area contributed by atoms with E-state index >= 15 is 0 Å². The highest BCUT2D eigenvalue weighted by molar-refractivity contribution is 7.99. The van der Waals surface area contributed by atoms with Gasteiger partial charge in [0.2, 0.25) is 11.9 Å². The van der Waals surface area contributed by atoms with Gasteiger partial charge in [0.15, 0.2) is 5.65 Å². The summed E-state index contributed by atoms with van der Waals surface area (Å²) < 4.78 is 3.74. The maximum Gasteiger partial charge on any atom is 0.247 e. The van der Waals surface area contributed by atoms with Crippen molar-refractivity contribution in [3.8, 4) is 6.07 Å². The van der Waals surface area contributed by atoms with Gasteiger partial charge >= 0.3 is 0 Å². The Hall–Kier alpha value is -3.80. The Balaban J connectivity index is 1.12. The molecule has 14 heteroatoms. The van der Waals surface area contributed by atoms with Crippen molar-refractivity contribution < 1.29 is 4.79 Å². The average Bonchev–Trinajstić information content (AvgIpc) is 3.66. The molecule has 0 atom stereocenters. The minimum atomic E-state index is -0.371. The third-order valence-electron chi connectivity index (χ3n) is 7.70. The van der Waals surface area contributed by atoms with Gasteiger partial charge in [-0.3, -0.25) is 9.48 Å². The number of likely N-dealkylation sites (N-methyl/N-ethyl adjacent to an activating group) is 1. The number of hydrazine groups is 1. The molecule has 0 aliphatic carbocycles. The SMILES string of the molecule is CC(C)Sc1cnn(C2(CC#N)CN(c3cccn4nc(NC5=CN(CC(=O)N6CCN(C)CC6)NC5)nc34)C2)c1. The number of hydrogen-bond acceptors (Lipinski definition) is 11. The molecule has 1 amide bonds. The number of carbonyl (C=O) groups is 1. The number of fused-ring (bicyclic) bond motifs is 1. The number of aromatic nitrogens is 5. The fraction of sp³-hybridized carbons (Fsp3) is 0.519. The van der Waals surface area contributed by atoms with Crippen LogP contribution in [-0.4, -0.2) is 110 Å². The average molecular weight is 577 g/mol. The number of nitrogens with one attached hydrogen (secondary N) is 2. The highest BCUT2D eigenvalue weighted by Gasteiger charge is 2.46. The number of pyridine rings is 1. The zero-order valence-corrected chi connectivity index (χ0v) is 24.5. The molecule has 2 N–H and O–H groups in total. The molecule has 0 saturated carbocycles. The molecule has 0 unspecified atom stereocenters. The Kier molecular flexibility index (Phi) is 7.50. The van der Waals surface area contributed by atoms with Gasteiger partial charge in [-0.15, -0.1) is 16.9 Å². The quantitative estimate of drug-likeness (QED) is 0.359. The van der Waals surface area contributed by atoms with Crippen LogP contribution < -0.4 is 15.6 Å². The fourth-order valence-electron chi connectivity index (χ4n) is 5.50. The van der Waals surface area contributed by atoms with E-state index in [1.807, 2.05) is 45.3 Å². The highest BCUT2D eigenvalue weighted by atomic mass is 32.2. The standard InChI is InChI=1S/C27H36N12OS/c1-20(2)41-22-14-30-39(16-22)27(6-7-28)18-36(19-27)23-5-4-8-38-25(23)32-26(33-38)31-21-13-29-37(15-21)17-24(40)35-11-9-34(3)10-12-35/h4-5,8,14-16,20,29H,6,9-13,17-19H2,1-3H3,(H,31,33). The second-order valence-electron chi connectivity index (χ2n) is 11.2. The van der Waals surface area contributed by atoms with Crippen molar-refractivity contribution in [1.82, 2.24) is 44.6 Å². The summed E-state index contributed by atoms with van der Waals surface area (Å²) in [6, 6.07) is 6.36. The summed E-state index contributed by atoms with van der Waals surface area (Å²) in [5.74, 6) is 0.606.